The highest BCUT2D eigenvalue weighted by Gasteiger charge is 2.41. The van der Waals surface area contributed by atoms with Crippen LogP contribution in [-0.4, -0.2) is 36.5 Å². The van der Waals surface area contributed by atoms with Gasteiger partial charge in [0.25, 0.3) is 0 Å². The van der Waals surface area contributed by atoms with E-state index in [1.54, 1.807) is 0 Å². The van der Waals surface area contributed by atoms with E-state index in [1.807, 2.05) is 0 Å². The molecule has 3 rings (SSSR count). The first-order valence-corrected chi connectivity index (χ1v) is 7.25. The molecular weight excluding hydrogens is 312 g/mol. The van der Waals surface area contributed by atoms with Crippen LogP contribution in [0.15, 0.2) is 18.2 Å². The summed E-state index contributed by atoms with van der Waals surface area (Å²) in [6.07, 6.45) is 2.19. The SMILES string of the molecule is Cl.NC1CCC2CN(CC(=O)Nc3cc(F)cc(F)c3)CC12. The highest BCUT2D eigenvalue weighted by Crippen LogP contribution is 2.36. The number of anilines is 1. The maximum Gasteiger partial charge on any atom is 0.238 e. The second-order valence-electron chi connectivity index (χ2n) is 6.07. The summed E-state index contributed by atoms with van der Waals surface area (Å²) < 4.78 is 26.1. The Bertz CT molecular complexity index is 537. The molecule has 1 amide bonds. The third-order valence-electron chi connectivity index (χ3n) is 4.50. The number of likely N-dealkylation sites (tertiary alicyclic amines) is 1. The number of halogens is 3. The van der Waals surface area contributed by atoms with Gasteiger partial charge in [0.15, 0.2) is 0 Å². The summed E-state index contributed by atoms with van der Waals surface area (Å²) in [6, 6.07) is 3.23. The first kappa shape index (κ1) is 17.1. The van der Waals surface area contributed by atoms with Crippen molar-refractivity contribution in [1.29, 1.82) is 0 Å². The normalized spacial score (nSPS) is 27.3. The Morgan fingerprint density at radius 2 is 1.91 bits per heavy atom. The predicted octanol–water partition coefficient (Wildman–Crippen LogP) is 1.99. The molecule has 7 heteroatoms. The molecule has 1 aliphatic carbocycles. The van der Waals surface area contributed by atoms with Gasteiger partial charge in [-0.25, -0.2) is 8.78 Å². The first-order chi connectivity index (χ1) is 10.0. The minimum absolute atomic E-state index is 0. The number of amides is 1. The van der Waals surface area contributed by atoms with E-state index in [1.165, 1.54) is 0 Å². The number of benzene rings is 1. The van der Waals surface area contributed by atoms with Crippen LogP contribution in [0, 0.1) is 23.5 Å². The van der Waals surface area contributed by atoms with Gasteiger partial charge < -0.3 is 11.1 Å². The molecule has 3 unspecified atom stereocenters. The lowest BCUT2D eigenvalue weighted by molar-refractivity contribution is -0.117. The van der Waals surface area contributed by atoms with Gasteiger partial charge >= 0.3 is 0 Å². The maximum absolute atomic E-state index is 13.1. The lowest BCUT2D eigenvalue weighted by atomic mass is 9.98. The van der Waals surface area contributed by atoms with E-state index in [-0.39, 0.29) is 36.6 Å². The van der Waals surface area contributed by atoms with Crippen molar-refractivity contribution in [1.82, 2.24) is 4.90 Å². The first-order valence-electron chi connectivity index (χ1n) is 7.25. The Kier molecular flexibility index (Phi) is 5.36. The molecule has 0 spiro atoms. The molecule has 1 aromatic carbocycles. The van der Waals surface area contributed by atoms with Crippen molar-refractivity contribution in [3.8, 4) is 0 Å². The van der Waals surface area contributed by atoms with Gasteiger partial charge in [-0.3, -0.25) is 9.69 Å². The van der Waals surface area contributed by atoms with Crippen LogP contribution in [0.25, 0.3) is 0 Å². The summed E-state index contributed by atoms with van der Waals surface area (Å²) in [4.78, 5) is 14.0. The molecule has 1 saturated carbocycles. The fourth-order valence-corrected chi connectivity index (χ4v) is 3.56. The molecule has 3 atom stereocenters. The van der Waals surface area contributed by atoms with Crippen LogP contribution >= 0.6 is 12.4 Å². The summed E-state index contributed by atoms with van der Waals surface area (Å²) in [7, 11) is 0. The average molecular weight is 332 g/mol. The molecule has 0 radical (unpaired) electrons. The van der Waals surface area contributed by atoms with Crippen LogP contribution < -0.4 is 11.1 Å². The maximum atomic E-state index is 13.1. The number of nitrogens with zero attached hydrogens (tertiary/aromatic N) is 1. The topological polar surface area (TPSA) is 58.4 Å². The van der Waals surface area contributed by atoms with Gasteiger partial charge in [-0.15, -0.1) is 12.4 Å². The smallest absolute Gasteiger partial charge is 0.238 e. The van der Waals surface area contributed by atoms with Crippen molar-refractivity contribution in [2.75, 3.05) is 25.0 Å². The number of hydrogen-bond donors (Lipinski definition) is 2. The third kappa shape index (κ3) is 3.74. The molecule has 2 fully saturated rings. The molecule has 122 valence electrons. The summed E-state index contributed by atoms with van der Waals surface area (Å²) in [5.41, 5.74) is 6.21. The van der Waals surface area contributed by atoms with E-state index in [0.29, 0.717) is 11.8 Å². The fraction of sp³-hybridized carbons (Fsp3) is 0.533. The zero-order valence-corrected chi connectivity index (χ0v) is 12.9. The van der Waals surface area contributed by atoms with Gasteiger partial charge in [0.1, 0.15) is 11.6 Å². The van der Waals surface area contributed by atoms with Crippen molar-refractivity contribution < 1.29 is 13.6 Å². The molecule has 1 heterocycles. The largest absolute Gasteiger partial charge is 0.327 e. The molecule has 3 N–H and O–H groups in total. The summed E-state index contributed by atoms with van der Waals surface area (Å²) in [5, 5.41) is 2.54. The minimum atomic E-state index is -0.702. The predicted molar refractivity (Wildman–Crippen MR) is 82.9 cm³/mol. The van der Waals surface area contributed by atoms with Gasteiger partial charge in [-0.05, 0) is 36.8 Å². The number of carbonyl (C=O) groups is 1. The lowest BCUT2D eigenvalue weighted by Crippen LogP contribution is -2.34. The van der Waals surface area contributed by atoms with Crippen LogP contribution in [-0.2, 0) is 4.79 Å². The Hall–Kier alpha value is -1.24. The molecule has 4 nitrogen and oxygen atoms in total. The monoisotopic (exact) mass is 331 g/mol. The van der Waals surface area contributed by atoms with Gasteiger partial charge in [0, 0.05) is 30.9 Å². The van der Waals surface area contributed by atoms with Crippen LogP contribution in [0.5, 0.6) is 0 Å². The number of nitrogens with one attached hydrogen (secondary N) is 1. The number of rotatable bonds is 3. The van der Waals surface area contributed by atoms with Gasteiger partial charge in [0.2, 0.25) is 5.91 Å². The van der Waals surface area contributed by atoms with E-state index < -0.39 is 11.6 Å². The Balaban J connectivity index is 0.00000176. The van der Waals surface area contributed by atoms with Crippen LogP contribution in [0.3, 0.4) is 0 Å². The number of fused-ring (bicyclic) bond motifs is 1. The molecule has 0 bridgehead atoms. The quantitative estimate of drug-likeness (QED) is 0.890. The molecule has 2 aliphatic rings. The summed E-state index contributed by atoms with van der Waals surface area (Å²) in [5.74, 6) is -0.601. The summed E-state index contributed by atoms with van der Waals surface area (Å²) >= 11 is 0. The third-order valence-corrected chi connectivity index (χ3v) is 4.50. The van der Waals surface area contributed by atoms with Crippen LogP contribution in [0.2, 0.25) is 0 Å². The van der Waals surface area contributed by atoms with E-state index in [2.05, 4.69) is 10.2 Å². The van der Waals surface area contributed by atoms with E-state index in [4.69, 9.17) is 5.73 Å². The standard InChI is InChI=1S/C15H19F2N3O.ClH/c16-10-3-11(17)5-12(4-10)19-15(21)8-20-6-9-1-2-14(18)13(9)7-20;/h3-5,9,13-14H,1-2,6-8,18H2,(H,19,21);1H. The summed E-state index contributed by atoms with van der Waals surface area (Å²) in [6.45, 7) is 1.94. The van der Waals surface area contributed by atoms with Gasteiger partial charge in [-0.2, -0.15) is 0 Å². The van der Waals surface area contributed by atoms with Gasteiger partial charge in [-0.1, -0.05) is 0 Å². The van der Waals surface area contributed by atoms with Crippen molar-refractivity contribution >= 4 is 24.0 Å². The molecular formula is C15H20ClF2N3O. The molecule has 22 heavy (non-hydrogen) atoms. The number of carbonyl (C=O) groups excluding carboxylic acids is 1. The molecule has 1 aromatic rings. The zero-order chi connectivity index (χ0) is 15.0. The Labute approximate surface area is 134 Å². The van der Waals surface area contributed by atoms with E-state index in [0.717, 1.165) is 44.1 Å². The second kappa shape index (κ2) is 6.89. The highest BCUT2D eigenvalue weighted by molar-refractivity contribution is 5.92. The Morgan fingerprint density at radius 3 is 2.55 bits per heavy atom. The molecule has 1 saturated heterocycles. The average Bonchev–Trinajstić information content (AvgIpc) is 2.90. The van der Waals surface area contributed by atoms with E-state index >= 15 is 0 Å². The number of hydrogen-bond acceptors (Lipinski definition) is 3. The molecule has 1 aliphatic heterocycles. The second-order valence-corrected chi connectivity index (χ2v) is 6.07. The fourth-order valence-electron chi connectivity index (χ4n) is 3.56. The van der Waals surface area contributed by atoms with Gasteiger partial charge in [0.05, 0.1) is 6.54 Å². The van der Waals surface area contributed by atoms with Crippen molar-refractivity contribution in [2.45, 2.75) is 18.9 Å². The van der Waals surface area contributed by atoms with Crippen molar-refractivity contribution in [3.05, 3.63) is 29.8 Å². The highest BCUT2D eigenvalue weighted by atomic mass is 35.5. The molecule has 0 aromatic heterocycles. The Morgan fingerprint density at radius 1 is 1.23 bits per heavy atom. The van der Waals surface area contributed by atoms with Crippen LogP contribution in [0.4, 0.5) is 14.5 Å². The minimum Gasteiger partial charge on any atom is -0.327 e. The number of nitrogens with two attached hydrogens (primary N) is 1. The zero-order valence-electron chi connectivity index (χ0n) is 12.1. The van der Waals surface area contributed by atoms with E-state index in [9.17, 15) is 13.6 Å². The van der Waals surface area contributed by atoms with Crippen molar-refractivity contribution in [3.63, 3.8) is 0 Å². The van der Waals surface area contributed by atoms with Crippen LogP contribution in [0.1, 0.15) is 12.8 Å². The lowest BCUT2D eigenvalue weighted by Gasteiger charge is -2.17. The van der Waals surface area contributed by atoms with Crippen molar-refractivity contribution in [2.24, 2.45) is 17.6 Å².